The Balaban J connectivity index is 1.42. The van der Waals surface area contributed by atoms with Crippen molar-refractivity contribution in [1.82, 2.24) is 0 Å². The van der Waals surface area contributed by atoms with Crippen molar-refractivity contribution < 1.29 is 0 Å². The molecule has 0 amide bonds. The predicted octanol–water partition coefficient (Wildman–Crippen LogP) is 7.92. The van der Waals surface area contributed by atoms with Crippen LogP contribution >= 0.6 is 0 Å². The third-order valence-electron chi connectivity index (χ3n) is 9.26. The minimum Gasteiger partial charge on any atom is -0.0760 e. The number of rotatable bonds is 2. The van der Waals surface area contributed by atoms with Crippen LogP contribution in [0.1, 0.15) is 36.1 Å². The standard InChI is InChI=1S/C39H30/c1-39(2)35-18-10-9-13-29(35)30-22-21-28(24-36(30)39)38-33-16-7-5-14-31(33)37(32-15-6-8-17-34(32)38)27-20-19-25-11-3-4-12-26(25)23-27/h3-24,31,33H,1-2H3. The highest BCUT2D eigenvalue weighted by atomic mass is 14.4. The normalized spacial score (nSPS) is 19.9. The maximum absolute atomic E-state index is 2.49. The van der Waals surface area contributed by atoms with Gasteiger partial charge in [-0.15, -0.1) is 0 Å². The zero-order chi connectivity index (χ0) is 26.1. The van der Waals surface area contributed by atoms with Gasteiger partial charge in [0.15, 0.2) is 0 Å². The van der Waals surface area contributed by atoms with Crippen molar-refractivity contribution >= 4 is 21.9 Å². The molecule has 0 saturated heterocycles. The maximum atomic E-state index is 2.49. The van der Waals surface area contributed by atoms with Crippen LogP contribution in [0.3, 0.4) is 0 Å². The van der Waals surface area contributed by atoms with Crippen molar-refractivity contribution in [3.63, 3.8) is 0 Å². The molecule has 0 aromatic heterocycles. The average Bonchev–Trinajstić information content (AvgIpc) is 3.21. The maximum Gasteiger partial charge on any atom is 0.0159 e. The van der Waals surface area contributed by atoms with E-state index >= 15 is 0 Å². The van der Waals surface area contributed by atoms with E-state index in [1.54, 1.807) is 0 Å². The second kappa shape index (κ2) is 8.29. The molecule has 5 aromatic rings. The molecule has 0 saturated carbocycles. The minimum absolute atomic E-state index is 0.0131. The van der Waals surface area contributed by atoms with E-state index in [0.29, 0.717) is 5.92 Å². The summed E-state index contributed by atoms with van der Waals surface area (Å²) < 4.78 is 0. The Bertz CT molecular complexity index is 2000. The van der Waals surface area contributed by atoms with Crippen LogP contribution < -0.4 is 10.4 Å². The van der Waals surface area contributed by atoms with E-state index in [1.165, 1.54) is 65.7 Å². The summed E-state index contributed by atoms with van der Waals surface area (Å²) in [5.74, 6) is 0.579. The molecule has 8 rings (SSSR count). The van der Waals surface area contributed by atoms with Gasteiger partial charge in [0, 0.05) is 17.3 Å². The van der Waals surface area contributed by atoms with E-state index in [9.17, 15) is 0 Å². The number of hydrogen-bond acceptors (Lipinski definition) is 0. The quantitative estimate of drug-likeness (QED) is 0.232. The van der Waals surface area contributed by atoms with Gasteiger partial charge in [0.1, 0.15) is 0 Å². The molecule has 0 nitrogen and oxygen atoms in total. The second-order valence-corrected chi connectivity index (χ2v) is 11.7. The summed E-state index contributed by atoms with van der Waals surface area (Å²) >= 11 is 0. The molecule has 0 spiro atoms. The molecule has 0 heterocycles. The zero-order valence-corrected chi connectivity index (χ0v) is 22.4. The van der Waals surface area contributed by atoms with Gasteiger partial charge >= 0.3 is 0 Å². The molecule has 3 aliphatic carbocycles. The number of fused-ring (bicyclic) bond motifs is 6. The van der Waals surface area contributed by atoms with Crippen LogP contribution in [-0.2, 0) is 5.41 Å². The molecule has 0 radical (unpaired) electrons. The molecule has 0 bridgehead atoms. The van der Waals surface area contributed by atoms with Gasteiger partial charge in [0.05, 0.1) is 0 Å². The Morgan fingerprint density at radius 2 is 1.05 bits per heavy atom. The largest absolute Gasteiger partial charge is 0.0760 e. The van der Waals surface area contributed by atoms with E-state index in [1.807, 2.05) is 0 Å². The number of benzene rings is 5. The van der Waals surface area contributed by atoms with Gasteiger partial charge in [-0.1, -0.05) is 135 Å². The van der Waals surface area contributed by atoms with Gasteiger partial charge < -0.3 is 0 Å². The molecule has 2 unspecified atom stereocenters. The summed E-state index contributed by atoms with van der Waals surface area (Å²) in [6.07, 6.45) is 9.30. The fraction of sp³-hybridized carbons (Fsp3) is 0.128. The summed E-state index contributed by atoms with van der Waals surface area (Å²) in [6, 6.07) is 40.9. The van der Waals surface area contributed by atoms with Gasteiger partial charge in [0.25, 0.3) is 0 Å². The topological polar surface area (TPSA) is 0 Å². The van der Waals surface area contributed by atoms with Crippen LogP contribution in [0.15, 0.2) is 133 Å². The Morgan fingerprint density at radius 1 is 0.487 bits per heavy atom. The molecule has 0 heteroatoms. The molecule has 186 valence electrons. The molecule has 39 heavy (non-hydrogen) atoms. The molecule has 0 N–H and O–H groups in total. The highest BCUT2D eigenvalue weighted by Crippen LogP contribution is 2.50. The summed E-state index contributed by atoms with van der Waals surface area (Å²) in [5.41, 5.74) is 11.1. The fourth-order valence-corrected chi connectivity index (χ4v) is 7.40. The van der Waals surface area contributed by atoms with Crippen LogP contribution in [0.5, 0.6) is 0 Å². The lowest BCUT2D eigenvalue weighted by Crippen LogP contribution is -2.40. The van der Waals surface area contributed by atoms with E-state index in [4.69, 9.17) is 0 Å². The summed E-state index contributed by atoms with van der Waals surface area (Å²) in [5, 5.41) is 5.29. The molecular weight excluding hydrogens is 468 g/mol. The highest BCUT2D eigenvalue weighted by Gasteiger charge is 2.37. The van der Waals surface area contributed by atoms with Crippen LogP contribution in [0.2, 0.25) is 0 Å². The lowest BCUT2D eigenvalue weighted by Gasteiger charge is -2.34. The SMILES string of the molecule is CC1(C)c2ccccc2-c2ccc(C3=c4ccccc4=C(c4ccc5ccccc5c4)C4C=CC=CC34)cc21. The monoisotopic (exact) mass is 498 g/mol. The lowest BCUT2D eigenvalue weighted by atomic mass is 9.69. The van der Waals surface area contributed by atoms with Crippen LogP contribution in [0.25, 0.3) is 33.0 Å². The van der Waals surface area contributed by atoms with E-state index in [-0.39, 0.29) is 11.3 Å². The van der Waals surface area contributed by atoms with Crippen LogP contribution in [0.4, 0.5) is 0 Å². The van der Waals surface area contributed by atoms with Gasteiger partial charge in [-0.05, 0) is 77.9 Å². The van der Waals surface area contributed by atoms with Gasteiger partial charge in [-0.3, -0.25) is 0 Å². The molecule has 3 aliphatic rings. The number of hydrogen-bond donors (Lipinski definition) is 0. The van der Waals surface area contributed by atoms with Crippen molar-refractivity contribution in [3.05, 3.63) is 166 Å². The van der Waals surface area contributed by atoms with Crippen molar-refractivity contribution in [2.24, 2.45) is 11.8 Å². The molecule has 5 aromatic carbocycles. The van der Waals surface area contributed by atoms with Crippen molar-refractivity contribution in [1.29, 1.82) is 0 Å². The minimum atomic E-state index is -0.0131. The third-order valence-corrected chi connectivity index (χ3v) is 9.26. The van der Waals surface area contributed by atoms with Crippen LogP contribution in [-0.4, -0.2) is 0 Å². The lowest BCUT2D eigenvalue weighted by molar-refractivity contribution is 0.658. The molecular formula is C39H30. The molecule has 2 atom stereocenters. The predicted molar refractivity (Wildman–Crippen MR) is 164 cm³/mol. The smallest absolute Gasteiger partial charge is 0.0159 e. The Kier molecular flexibility index (Phi) is 4.79. The van der Waals surface area contributed by atoms with E-state index < -0.39 is 0 Å². The van der Waals surface area contributed by atoms with Crippen molar-refractivity contribution in [3.8, 4) is 11.1 Å². The zero-order valence-electron chi connectivity index (χ0n) is 22.4. The average molecular weight is 499 g/mol. The van der Waals surface area contributed by atoms with Gasteiger partial charge in [-0.2, -0.15) is 0 Å². The summed E-state index contributed by atoms with van der Waals surface area (Å²) in [4.78, 5) is 0. The van der Waals surface area contributed by atoms with E-state index in [2.05, 4.69) is 147 Å². The van der Waals surface area contributed by atoms with Gasteiger partial charge in [0.2, 0.25) is 0 Å². The summed E-state index contributed by atoms with van der Waals surface area (Å²) in [6.45, 7) is 4.75. The first-order valence-electron chi connectivity index (χ1n) is 14.0. The first-order valence-corrected chi connectivity index (χ1v) is 14.0. The fourth-order valence-electron chi connectivity index (χ4n) is 7.40. The van der Waals surface area contributed by atoms with Crippen LogP contribution in [0, 0.1) is 11.8 Å². The summed E-state index contributed by atoms with van der Waals surface area (Å²) in [7, 11) is 0. The molecule has 0 aliphatic heterocycles. The third kappa shape index (κ3) is 3.25. The Labute approximate surface area is 230 Å². The van der Waals surface area contributed by atoms with Gasteiger partial charge in [-0.25, -0.2) is 0 Å². The number of allylic oxidation sites excluding steroid dienone is 4. The highest BCUT2D eigenvalue weighted by molar-refractivity contribution is 5.89. The van der Waals surface area contributed by atoms with Crippen molar-refractivity contribution in [2.75, 3.05) is 0 Å². The molecule has 0 fully saturated rings. The van der Waals surface area contributed by atoms with Crippen molar-refractivity contribution in [2.45, 2.75) is 19.3 Å². The Morgan fingerprint density at radius 3 is 1.79 bits per heavy atom. The Hall–Kier alpha value is -4.42. The van der Waals surface area contributed by atoms with E-state index in [0.717, 1.165) is 0 Å². The first kappa shape index (κ1) is 22.6. The first-order chi connectivity index (χ1) is 19.1. The second-order valence-electron chi connectivity index (χ2n) is 11.7.